The molecule has 1 amide bonds. The highest BCUT2D eigenvalue weighted by molar-refractivity contribution is 5.93. The van der Waals surface area contributed by atoms with E-state index in [0.29, 0.717) is 30.2 Å². The summed E-state index contributed by atoms with van der Waals surface area (Å²) in [4.78, 5) is 18.3. The number of nitrogens with zero attached hydrogens (tertiary/aromatic N) is 3. The van der Waals surface area contributed by atoms with E-state index in [1.54, 1.807) is 24.1 Å². The number of likely N-dealkylation sites (N-methyl/N-ethyl adjacent to an activating group) is 1. The molecule has 1 heterocycles. The lowest BCUT2D eigenvalue weighted by atomic mass is 10.2. The average Bonchev–Trinajstić information content (AvgIpc) is 3.19. The minimum Gasteiger partial charge on any atom is -0.484 e. The number of aryl methyl sites for hydroxylation is 1. The lowest BCUT2D eigenvalue weighted by Gasteiger charge is -2.15. The Balaban J connectivity index is 1.48. The van der Waals surface area contributed by atoms with Gasteiger partial charge in [0.2, 0.25) is 0 Å². The molecule has 0 aliphatic rings. The molecule has 0 radical (unpaired) electrons. The summed E-state index contributed by atoms with van der Waals surface area (Å²) < 4.78 is 10.9. The van der Waals surface area contributed by atoms with E-state index in [4.69, 9.17) is 9.26 Å². The molecule has 0 aliphatic heterocycles. The maximum absolute atomic E-state index is 12.3. The van der Waals surface area contributed by atoms with E-state index in [9.17, 15) is 4.79 Å². The Kier molecular flexibility index (Phi) is 6.20. The second-order valence-corrected chi connectivity index (χ2v) is 6.23. The SMILES string of the molecule is CCc1ccc(OCc2nc(CCN(C)C(=O)c3ccccc3)no2)cc1. The van der Waals surface area contributed by atoms with Gasteiger partial charge in [0.05, 0.1) is 0 Å². The fourth-order valence-electron chi connectivity index (χ4n) is 2.59. The molecule has 3 aromatic rings. The Labute approximate surface area is 158 Å². The smallest absolute Gasteiger partial charge is 0.264 e. The molecule has 140 valence electrons. The summed E-state index contributed by atoms with van der Waals surface area (Å²) in [6, 6.07) is 17.1. The van der Waals surface area contributed by atoms with Crippen LogP contribution in [-0.2, 0) is 19.4 Å². The zero-order valence-corrected chi connectivity index (χ0v) is 15.6. The van der Waals surface area contributed by atoms with Gasteiger partial charge in [-0.3, -0.25) is 4.79 Å². The van der Waals surface area contributed by atoms with Crippen molar-refractivity contribution < 1.29 is 14.1 Å². The van der Waals surface area contributed by atoms with Gasteiger partial charge in [-0.25, -0.2) is 0 Å². The maximum Gasteiger partial charge on any atom is 0.264 e. The molecule has 0 saturated heterocycles. The van der Waals surface area contributed by atoms with Crippen LogP contribution >= 0.6 is 0 Å². The van der Waals surface area contributed by atoms with Crippen LogP contribution in [0.1, 0.15) is 34.6 Å². The van der Waals surface area contributed by atoms with Crippen LogP contribution in [0.2, 0.25) is 0 Å². The fourth-order valence-corrected chi connectivity index (χ4v) is 2.59. The maximum atomic E-state index is 12.3. The number of carbonyl (C=O) groups excluding carboxylic acids is 1. The first kappa shape index (κ1) is 18.6. The molecule has 3 rings (SSSR count). The van der Waals surface area contributed by atoms with E-state index >= 15 is 0 Å². The van der Waals surface area contributed by atoms with E-state index in [1.807, 2.05) is 42.5 Å². The van der Waals surface area contributed by atoms with E-state index in [1.165, 1.54) is 5.56 Å². The van der Waals surface area contributed by atoms with Gasteiger partial charge < -0.3 is 14.2 Å². The molecule has 0 saturated carbocycles. The Morgan fingerprint density at radius 2 is 1.85 bits per heavy atom. The van der Waals surface area contributed by atoms with Crippen LogP contribution in [0.5, 0.6) is 5.75 Å². The van der Waals surface area contributed by atoms with Crippen molar-refractivity contribution in [3.8, 4) is 5.75 Å². The topological polar surface area (TPSA) is 68.5 Å². The lowest BCUT2D eigenvalue weighted by Crippen LogP contribution is -2.29. The summed E-state index contributed by atoms with van der Waals surface area (Å²) in [7, 11) is 1.76. The summed E-state index contributed by atoms with van der Waals surface area (Å²) in [5.41, 5.74) is 1.92. The molecule has 6 heteroatoms. The van der Waals surface area contributed by atoms with Crippen molar-refractivity contribution in [1.29, 1.82) is 0 Å². The van der Waals surface area contributed by atoms with Gasteiger partial charge in [0, 0.05) is 25.6 Å². The highest BCUT2D eigenvalue weighted by Gasteiger charge is 2.13. The molecule has 27 heavy (non-hydrogen) atoms. The molecular weight excluding hydrogens is 342 g/mol. The van der Waals surface area contributed by atoms with Gasteiger partial charge in [-0.2, -0.15) is 4.98 Å². The molecule has 1 aromatic heterocycles. The highest BCUT2D eigenvalue weighted by Crippen LogP contribution is 2.14. The Morgan fingerprint density at radius 1 is 1.11 bits per heavy atom. The monoisotopic (exact) mass is 365 g/mol. The van der Waals surface area contributed by atoms with Crippen molar-refractivity contribution in [3.05, 3.63) is 77.4 Å². The minimum atomic E-state index is -0.0295. The Bertz CT molecular complexity index is 860. The summed E-state index contributed by atoms with van der Waals surface area (Å²) in [5.74, 6) is 1.71. The second kappa shape index (κ2) is 8.98. The third-order valence-electron chi connectivity index (χ3n) is 4.24. The Morgan fingerprint density at radius 3 is 2.56 bits per heavy atom. The van der Waals surface area contributed by atoms with Gasteiger partial charge in [-0.15, -0.1) is 0 Å². The molecule has 0 aliphatic carbocycles. The van der Waals surface area contributed by atoms with E-state index < -0.39 is 0 Å². The van der Waals surface area contributed by atoms with Crippen LogP contribution in [0.3, 0.4) is 0 Å². The number of rotatable bonds is 8. The number of hydrogen-bond donors (Lipinski definition) is 0. The molecule has 0 atom stereocenters. The number of carbonyl (C=O) groups is 1. The summed E-state index contributed by atoms with van der Waals surface area (Å²) in [6.45, 7) is 2.84. The van der Waals surface area contributed by atoms with Crippen LogP contribution < -0.4 is 4.74 Å². The van der Waals surface area contributed by atoms with Crippen molar-refractivity contribution in [2.75, 3.05) is 13.6 Å². The molecule has 0 fully saturated rings. The van der Waals surface area contributed by atoms with Gasteiger partial charge in [-0.1, -0.05) is 42.4 Å². The first-order valence-corrected chi connectivity index (χ1v) is 8.99. The quantitative estimate of drug-likeness (QED) is 0.611. The largest absolute Gasteiger partial charge is 0.484 e. The van der Waals surface area contributed by atoms with E-state index in [-0.39, 0.29) is 12.5 Å². The zero-order valence-electron chi connectivity index (χ0n) is 15.6. The van der Waals surface area contributed by atoms with Crippen molar-refractivity contribution >= 4 is 5.91 Å². The first-order valence-electron chi connectivity index (χ1n) is 8.99. The van der Waals surface area contributed by atoms with Gasteiger partial charge in [0.25, 0.3) is 11.8 Å². The molecule has 0 spiro atoms. The van der Waals surface area contributed by atoms with Crippen LogP contribution in [0.4, 0.5) is 0 Å². The molecule has 0 N–H and O–H groups in total. The highest BCUT2D eigenvalue weighted by atomic mass is 16.5. The molecular formula is C21H23N3O3. The molecule has 2 aromatic carbocycles. The lowest BCUT2D eigenvalue weighted by molar-refractivity contribution is 0.0796. The van der Waals surface area contributed by atoms with Crippen LogP contribution in [0, 0.1) is 0 Å². The minimum absolute atomic E-state index is 0.0295. The zero-order chi connectivity index (χ0) is 19.1. The molecule has 6 nitrogen and oxygen atoms in total. The second-order valence-electron chi connectivity index (χ2n) is 6.23. The average molecular weight is 365 g/mol. The fraction of sp³-hybridized carbons (Fsp3) is 0.286. The van der Waals surface area contributed by atoms with Crippen LogP contribution in [0.25, 0.3) is 0 Å². The van der Waals surface area contributed by atoms with Crippen molar-refractivity contribution in [3.63, 3.8) is 0 Å². The molecule has 0 bridgehead atoms. The predicted molar refractivity (Wildman–Crippen MR) is 102 cm³/mol. The van der Waals surface area contributed by atoms with Gasteiger partial charge in [0.15, 0.2) is 12.4 Å². The number of aromatic nitrogens is 2. The Hall–Kier alpha value is -3.15. The third-order valence-corrected chi connectivity index (χ3v) is 4.24. The van der Waals surface area contributed by atoms with Crippen LogP contribution in [0.15, 0.2) is 59.1 Å². The standard InChI is InChI=1S/C21H23N3O3/c1-3-16-9-11-18(12-10-16)26-15-20-22-19(23-27-20)13-14-24(2)21(25)17-7-5-4-6-8-17/h4-12H,3,13-15H2,1-2H3. The van der Waals surface area contributed by atoms with Gasteiger partial charge in [0.1, 0.15) is 5.75 Å². The van der Waals surface area contributed by atoms with Crippen molar-refractivity contribution in [2.24, 2.45) is 0 Å². The normalized spacial score (nSPS) is 10.6. The number of ether oxygens (including phenoxy) is 1. The predicted octanol–water partition coefficient (Wildman–Crippen LogP) is 3.53. The van der Waals surface area contributed by atoms with Crippen molar-refractivity contribution in [1.82, 2.24) is 15.0 Å². The van der Waals surface area contributed by atoms with Crippen LogP contribution in [-0.4, -0.2) is 34.5 Å². The summed E-state index contributed by atoms with van der Waals surface area (Å²) in [6.07, 6.45) is 1.51. The third kappa shape index (κ3) is 5.17. The first-order chi connectivity index (χ1) is 13.2. The number of amides is 1. The van der Waals surface area contributed by atoms with E-state index in [2.05, 4.69) is 17.1 Å². The van der Waals surface area contributed by atoms with E-state index in [0.717, 1.165) is 12.2 Å². The number of hydrogen-bond acceptors (Lipinski definition) is 5. The summed E-state index contributed by atoms with van der Waals surface area (Å²) >= 11 is 0. The van der Waals surface area contributed by atoms with Crippen molar-refractivity contribution in [2.45, 2.75) is 26.4 Å². The summed E-state index contributed by atoms with van der Waals surface area (Å²) in [5, 5.41) is 3.96. The molecule has 0 unspecified atom stereocenters. The van der Waals surface area contributed by atoms with Gasteiger partial charge >= 0.3 is 0 Å². The van der Waals surface area contributed by atoms with Gasteiger partial charge in [-0.05, 0) is 36.2 Å². The number of benzene rings is 2.